The van der Waals surface area contributed by atoms with Crippen LogP contribution in [0.4, 0.5) is 24.8 Å². The second-order valence-electron chi connectivity index (χ2n) is 10.5. The highest BCUT2D eigenvalue weighted by Gasteiger charge is 2.33. The lowest BCUT2D eigenvalue weighted by Crippen LogP contribution is -2.51. The normalized spacial score (nSPS) is 14.9. The molecule has 4 aromatic rings. The van der Waals surface area contributed by atoms with Crippen LogP contribution in [-0.4, -0.2) is 38.7 Å². The van der Waals surface area contributed by atoms with Gasteiger partial charge in [0.05, 0.1) is 23.7 Å². The van der Waals surface area contributed by atoms with E-state index in [1.807, 2.05) is 0 Å². The van der Waals surface area contributed by atoms with Crippen LogP contribution < -0.4 is 15.5 Å². The van der Waals surface area contributed by atoms with E-state index in [9.17, 15) is 23.5 Å². The lowest BCUT2D eigenvalue weighted by atomic mass is 10.0. The number of amides is 2. The van der Waals surface area contributed by atoms with Crippen LogP contribution in [0.15, 0.2) is 48.5 Å². The number of imidazole rings is 1. The summed E-state index contributed by atoms with van der Waals surface area (Å²) in [5.74, 6) is -3.39. The Kier molecular flexibility index (Phi) is 7.07. The molecule has 208 valence electrons. The summed E-state index contributed by atoms with van der Waals surface area (Å²) >= 11 is 6.29. The van der Waals surface area contributed by atoms with E-state index in [2.05, 4.69) is 20.6 Å². The Hall–Kier alpha value is -3.93. The summed E-state index contributed by atoms with van der Waals surface area (Å²) in [6, 6.07) is 8.52. The van der Waals surface area contributed by atoms with Crippen molar-refractivity contribution in [2.24, 2.45) is 0 Å². The highest BCUT2D eigenvalue weighted by molar-refractivity contribution is 6.31. The molecule has 1 aliphatic heterocycles. The molecule has 8 nitrogen and oxygen atoms in total. The van der Waals surface area contributed by atoms with Crippen molar-refractivity contribution >= 4 is 46.1 Å². The van der Waals surface area contributed by atoms with Gasteiger partial charge in [0.2, 0.25) is 11.9 Å². The molecule has 0 radical (unpaired) electrons. The van der Waals surface area contributed by atoms with Crippen LogP contribution in [-0.2, 0) is 11.2 Å². The van der Waals surface area contributed by atoms with Crippen molar-refractivity contribution in [2.45, 2.75) is 45.0 Å². The molecule has 40 heavy (non-hydrogen) atoms. The van der Waals surface area contributed by atoms with Crippen LogP contribution in [0.25, 0.3) is 11.0 Å². The largest absolute Gasteiger partial charge is 0.376 e. The number of hydrogen-bond acceptors (Lipinski definition) is 5. The number of aliphatic hydroxyl groups is 1. The molecule has 0 bridgehead atoms. The van der Waals surface area contributed by atoms with Crippen LogP contribution in [0, 0.1) is 17.5 Å². The molecule has 5 rings (SSSR count). The standard InChI is InChI=1S/C28H25ClF3N5O3/c1-28(2,3)36-26(40)23(16-12-15(31)4-6-17(16)29)34-25(39)22-18(32)7-8-19-24(22)35-27(33-19)37-20-9-5-14(30)10-13(20)11-21(37)38/h4-10,12,23,26,36,40H,11H2,1-3H3,(H,33,35)(H,34,39)/t23-,26-/m0/s1. The van der Waals surface area contributed by atoms with Gasteiger partial charge in [-0.15, -0.1) is 0 Å². The lowest BCUT2D eigenvalue weighted by molar-refractivity contribution is -0.116. The Morgan fingerprint density at radius 2 is 1.80 bits per heavy atom. The van der Waals surface area contributed by atoms with Gasteiger partial charge in [-0.2, -0.15) is 0 Å². The van der Waals surface area contributed by atoms with E-state index in [1.54, 1.807) is 20.8 Å². The van der Waals surface area contributed by atoms with Gasteiger partial charge in [-0.25, -0.2) is 23.1 Å². The number of nitrogens with one attached hydrogen (secondary N) is 3. The maximum atomic E-state index is 15.2. The average Bonchev–Trinajstić information content (AvgIpc) is 3.42. The summed E-state index contributed by atoms with van der Waals surface area (Å²) in [5, 5.41) is 16.5. The second-order valence-corrected chi connectivity index (χ2v) is 10.9. The number of hydrogen-bond donors (Lipinski definition) is 4. The molecule has 3 aromatic carbocycles. The fourth-order valence-electron chi connectivity index (χ4n) is 4.70. The molecule has 4 N–H and O–H groups in total. The second kappa shape index (κ2) is 10.2. The first kappa shape index (κ1) is 27.6. The molecule has 0 aliphatic carbocycles. The molecule has 0 saturated heterocycles. The number of H-pyrrole nitrogens is 1. The van der Waals surface area contributed by atoms with E-state index >= 15 is 4.39 Å². The van der Waals surface area contributed by atoms with E-state index < -0.39 is 46.7 Å². The Morgan fingerprint density at radius 3 is 2.52 bits per heavy atom. The third-order valence-electron chi connectivity index (χ3n) is 6.38. The zero-order valence-corrected chi connectivity index (χ0v) is 22.4. The van der Waals surface area contributed by atoms with E-state index in [0.29, 0.717) is 11.3 Å². The Bertz CT molecular complexity index is 1650. The fraction of sp³-hybridized carbons (Fsp3) is 0.250. The molecule has 1 aliphatic rings. The van der Waals surface area contributed by atoms with Crippen molar-refractivity contribution in [2.75, 3.05) is 4.90 Å². The Balaban J connectivity index is 1.55. The number of fused-ring (bicyclic) bond motifs is 2. The van der Waals surface area contributed by atoms with E-state index in [4.69, 9.17) is 11.6 Å². The first-order valence-electron chi connectivity index (χ1n) is 12.3. The van der Waals surface area contributed by atoms with Gasteiger partial charge in [-0.1, -0.05) is 11.6 Å². The minimum absolute atomic E-state index is 0.0177. The van der Waals surface area contributed by atoms with Gasteiger partial charge in [-0.3, -0.25) is 14.9 Å². The predicted molar refractivity (Wildman–Crippen MR) is 144 cm³/mol. The highest BCUT2D eigenvalue weighted by Crippen LogP contribution is 2.36. The zero-order valence-electron chi connectivity index (χ0n) is 21.7. The summed E-state index contributed by atoms with van der Waals surface area (Å²) in [6.45, 7) is 5.33. The van der Waals surface area contributed by atoms with Crippen LogP contribution >= 0.6 is 11.6 Å². The van der Waals surface area contributed by atoms with E-state index in [0.717, 1.165) is 18.2 Å². The fourth-order valence-corrected chi connectivity index (χ4v) is 4.94. The number of benzene rings is 3. The summed E-state index contributed by atoms with van der Waals surface area (Å²) in [6.07, 6.45) is -1.50. The minimum Gasteiger partial charge on any atom is -0.376 e. The summed E-state index contributed by atoms with van der Waals surface area (Å²) < 4.78 is 43.0. The van der Waals surface area contributed by atoms with Crippen LogP contribution in [0.1, 0.15) is 48.3 Å². The van der Waals surface area contributed by atoms with Crippen molar-refractivity contribution in [1.29, 1.82) is 0 Å². The molecule has 2 atom stereocenters. The third kappa shape index (κ3) is 5.27. The van der Waals surface area contributed by atoms with Crippen molar-refractivity contribution in [1.82, 2.24) is 20.6 Å². The van der Waals surface area contributed by atoms with Gasteiger partial charge in [0, 0.05) is 10.6 Å². The Morgan fingerprint density at radius 1 is 1.10 bits per heavy atom. The number of aliphatic hydroxyl groups excluding tert-OH is 1. The molecule has 0 unspecified atom stereocenters. The topological polar surface area (TPSA) is 110 Å². The van der Waals surface area contributed by atoms with Crippen LogP contribution in [0.5, 0.6) is 0 Å². The first-order chi connectivity index (χ1) is 18.8. The van der Waals surface area contributed by atoms with Gasteiger partial charge >= 0.3 is 0 Å². The van der Waals surface area contributed by atoms with Gasteiger partial charge in [-0.05, 0) is 80.4 Å². The third-order valence-corrected chi connectivity index (χ3v) is 6.72. The van der Waals surface area contributed by atoms with Gasteiger partial charge in [0.1, 0.15) is 34.8 Å². The van der Waals surface area contributed by atoms with Gasteiger partial charge in [0.25, 0.3) is 5.91 Å². The van der Waals surface area contributed by atoms with E-state index in [-0.39, 0.29) is 39.9 Å². The van der Waals surface area contributed by atoms with Crippen molar-refractivity contribution in [3.05, 3.63) is 87.7 Å². The number of anilines is 2. The number of halogens is 4. The number of carbonyl (C=O) groups excluding carboxylic acids is 2. The Labute approximate surface area is 232 Å². The maximum absolute atomic E-state index is 15.2. The van der Waals surface area contributed by atoms with Crippen molar-refractivity contribution < 1.29 is 27.9 Å². The number of aromatic nitrogens is 2. The first-order valence-corrected chi connectivity index (χ1v) is 12.7. The highest BCUT2D eigenvalue weighted by atomic mass is 35.5. The molecule has 0 saturated carbocycles. The minimum atomic E-state index is -1.45. The number of rotatable bonds is 6. The average molecular weight is 572 g/mol. The monoisotopic (exact) mass is 571 g/mol. The molecule has 0 fully saturated rings. The van der Waals surface area contributed by atoms with Crippen molar-refractivity contribution in [3.63, 3.8) is 0 Å². The molecule has 1 aromatic heterocycles. The zero-order chi connectivity index (χ0) is 28.9. The number of carbonyl (C=O) groups is 2. The smallest absolute Gasteiger partial charge is 0.257 e. The molecular formula is C28H25ClF3N5O3. The van der Waals surface area contributed by atoms with Crippen molar-refractivity contribution in [3.8, 4) is 0 Å². The maximum Gasteiger partial charge on any atom is 0.257 e. The van der Waals surface area contributed by atoms with Crippen LogP contribution in [0.3, 0.4) is 0 Å². The molecule has 12 heteroatoms. The number of aromatic amines is 1. The quantitative estimate of drug-likeness (QED) is 0.243. The lowest BCUT2D eigenvalue weighted by Gasteiger charge is -2.32. The van der Waals surface area contributed by atoms with Crippen LogP contribution in [0.2, 0.25) is 5.02 Å². The summed E-state index contributed by atoms with van der Waals surface area (Å²) in [4.78, 5) is 34.8. The SMILES string of the molecule is CC(C)(C)N[C@@H](O)[C@@H](NC(=O)c1c(F)ccc2[nH]c(N3C(=O)Cc4cc(F)ccc43)nc12)c1cc(F)ccc1Cl. The molecular weight excluding hydrogens is 547 g/mol. The summed E-state index contributed by atoms with van der Waals surface area (Å²) in [7, 11) is 0. The number of nitrogens with zero attached hydrogens (tertiary/aromatic N) is 2. The van der Waals surface area contributed by atoms with Gasteiger partial charge in [0.15, 0.2) is 0 Å². The van der Waals surface area contributed by atoms with E-state index in [1.165, 1.54) is 35.2 Å². The molecule has 2 heterocycles. The summed E-state index contributed by atoms with van der Waals surface area (Å²) in [5.41, 5.74) is 0.0229. The molecule has 0 spiro atoms. The predicted octanol–water partition coefficient (Wildman–Crippen LogP) is 5.03. The van der Waals surface area contributed by atoms with Gasteiger partial charge < -0.3 is 15.4 Å². The molecule has 2 amide bonds.